The van der Waals surface area contributed by atoms with Crippen molar-refractivity contribution in [1.29, 1.82) is 0 Å². The number of nitrogens with one attached hydrogen (secondary N) is 2. The fourth-order valence-electron chi connectivity index (χ4n) is 1.41. The van der Waals surface area contributed by atoms with E-state index in [-0.39, 0.29) is 5.41 Å². The van der Waals surface area contributed by atoms with Gasteiger partial charge in [-0.15, -0.1) is 11.3 Å². The van der Waals surface area contributed by atoms with Crippen molar-refractivity contribution in [2.24, 2.45) is 5.41 Å². The first-order chi connectivity index (χ1) is 8.74. The first-order valence-electron chi connectivity index (χ1n) is 6.54. The average Bonchev–Trinajstić information content (AvgIpc) is 2.76. The minimum absolute atomic E-state index is 0.0573. The molecule has 110 valence electrons. The topological polar surface area (TPSA) is 58.2 Å². The maximum atomic E-state index is 12.1. The van der Waals surface area contributed by atoms with E-state index in [1.54, 1.807) is 6.07 Å². The minimum Gasteiger partial charge on any atom is -0.317 e. The quantitative estimate of drug-likeness (QED) is 0.760. The van der Waals surface area contributed by atoms with Crippen molar-refractivity contribution in [3.05, 3.63) is 17.0 Å². The molecule has 1 heterocycles. The average molecular weight is 304 g/mol. The van der Waals surface area contributed by atoms with Crippen molar-refractivity contribution >= 4 is 21.4 Å². The summed E-state index contributed by atoms with van der Waals surface area (Å²) in [5.74, 6) is 0. The van der Waals surface area contributed by atoms with Crippen LogP contribution in [0.4, 0.5) is 0 Å². The summed E-state index contributed by atoms with van der Waals surface area (Å²) in [6, 6.07) is 3.59. The Morgan fingerprint density at radius 2 is 1.95 bits per heavy atom. The van der Waals surface area contributed by atoms with Gasteiger partial charge in [0.05, 0.1) is 0 Å². The summed E-state index contributed by atoms with van der Waals surface area (Å²) in [6.07, 6.45) is 0.868. The molecule has 19 heavy (non-hydrogen) atoms. The normalized spacial score (nSPS) is 12.8. The van der Waals surface area contributed by atoms with Crippen LogP contribution in [0.5, 0.6) is 0 Å². The number of hydrogen-bond acceptors (Lipinski definition) is 4. The third-order valence-corrected chi connectivity index (χ3v) is 5.53. The van der Waals surface area contributed by atoms with Gasteiger partial charge < -0.3 is 5.32 Å². The van der Waals surface area contributed by atoms with E-state index in [4.69, 9.17) is 0 Å². The summed E-state index contributed by atoms with van der Waals surface area (Å²) in [5.41, 5.74) is -0.0573. The number of hydrogen-bond donors (Lipinski definition) is 2. The van der Waals surface area contributed by atoms with Gasteiger partial charge in [-0.3, -0.25) is 0 Å². The fourth-order valence-corrected chi connectivity index (χ4v) is 4.09. The second kappa shape index (κ2) is 6.83. The molecule has 0 unspecified atom stereocenters. The number of rotatable bonds is 7. The molecule has 0 radical (unpaired) electrons. The Morgan fingerprint density at radius 3 is 2.53 bits per heavy atom. The molecule has 0 fully saturated rings. The van der Waals surface area contributed by atoms with Crippen LogP contribution in [0.15, 0.2) is 16.3 Å². The maximum Gasteiger partial charge on any atom is 0.250 e. The van der Waals surface area contributed by atoms with Crippen molar-refractivity contribution in [2.75, 3.05) is 19.6 Å². The second-order valence-electron chi connectivity index (χ2n) is 5.71. The monoisotopic (exact) mass is 304 g/mol. The van der Waals surface area contributed by atoms with Crippen LogP contribution >= 0.6 is 11.3 Å². The van der Waals surface area contributed by atoms with Crippen LogP contribution < -0.4 is 10.0 Å². The Balaban J connectivity index is 2.64. The fraction of sp³-hybridized carbons (Fsp3) is 0.692. The van der Waals surface area contributed by atoms with Crippen molar-refractivity contribution < 1.29 is 8.42 Å². The van der Waals surface area contributed by atoms with Gasteiger partial charge in [0.15, 0.2) is 0 Å². The maximum absolute atomic E-state index is 12.1. The molecule has 1 aromatic rings. The molecule has 0 aromatic carbocycles. The van der Waals surface area contributed by atoms with E-state index < -0.39 is 10.0 Å². The Hall–Kier alpha value is -0.430. The van der Waals surface area contributed by atoms with Crippen LogP contribution in [0.1, 0.15) is 32.6 Å². The highest BCUT2D eigenvalue weighted by Gasteiger charge is 2.20. The Morgan fingerprint density at radius 1 is 1.26 bits per heavy atom. The van der Waals surface area contributed by atoms with Crippen molar-refractivity contribution in [3.8, 4) is 0 Å². The lowest BCUT2D eigenvalue weighted by molar-refractivity contribution is 0.408. The highest BCUT2D eigenvalue weighted by molar-refractivity contribution is 7.91. The van der Waals surface area contributed by atoms with Gasteiger partial charge >= 0.3 is 0 Å². The second-order valence-corrected chi connectivity index (χ2v) is 8.87. The molecule has 0 aliphatic rings. The zero-order chi connectivity index (χ0) is 14.5. The van der Waals surface area contributed by atoms with Crippen LogP contribution in [0.3, 0.4) is 0 Å². The van der Waals surface area contributed by atoms with E-state index in [1.807, 2.05) is 26.8 Å². The molecule has 6 heteroatoms. The third kappa shape index (κ3) is 6.03. The van der Waals surface area contributed by atoms with E-state index in [1.165, 1.54) is 11.3 Å². The SMILES string of the molecule is CCNCCc1ccc(S(=O)(=O)NCC(C)(C)C)s1. The van der Waals surface area contributed by atoms with Crippen LogP contribution in [-0.2, 0) is 16.4 Å². The molecule has 0 saturated carbocycles. The molecular formula is C13H24N2O2S2. The van der Waals surface area contributed by atoms with E-state index in [0.29, 0.717) is 10.8 Å². The van der Waals surface area contributed by atoms with Gasteiger partial charge in [0.1, 0.15) is 4.21 Å². The van der Waals surface area contributed by atoms with Crippen LogP contribution in [0.25, 0.3) is 0 Å². The molecule has 1 rings (SSSR count). The van der Waals surface area contributed by atoms with Gasteiger partial charge in [-0.25, -0.2) is 13.1 Å². The third-order valence-electron chi connectivity index (χ3n) is 2.49. The van der Waals surface area contributed by atoms with Crippen molar-refractivity contribution in [2.45, 2.75) is 38.3 Å². The molecule has 0 spiro atoms. The van der Waals surface area contributed by atoms with Crippen molar-refractivity contribution in [1.82, 2.24) is 10.0 Å². The lowest BCUT2D eigenvalue weighted by Gasteiger charge is -2.18. The highest BCUT2D eigenvalue weighted by atomic mass is 32.2. The molecule has 1 aromatic heterocycles. The van der Waals surface area contributed by atoms with Gasteiger partial charge in [0, 0.05) is 11.4 Å². The van der Waals surface area contributed by atoms with Crippen LogP contribution in [0, 0.1) is 5.41 Å². The predicted molar refractivity (Wildman–Crippen MR) is 81.2 cm³/mol. The Labute approximate surface area is 120 Å². The Bertz CT molecular complexity index is 487. The first kappa shape index (κ1) is 16.6. The summed E-state index contributed by atoms with van der Waals surface area (Å²) in [7, 11) is -3.36. The number of sulfonamides is 1. The lowest BCUT2D eigenvalue weighted by atomic mass is 9.98. The Kier molecular flexibility index (Phi) is 5.98. The van der Waals surface area contributed by atoms with Gasteiger partial charge in [-0.2, -0.15) is 0 Å². The lowest BCUT2D eigenvalue weighted by Crippen LogP contribution is -2.31. The predicted octanol–water partition coefficient (Wildman–Crippen LogP) is 2.22. The summed E-state index contributed by atoms with van der Waals surface area (Å²) in [4.78, 5) is 1.09. The molecule has 0 aliphatic carbocycles. The molecule has 0 aliphatic heterocycles. The number of likely N-dealkylation sites (N-methyl/N-ethyl adjacent to an activating group) is 1. The van der Waals surface area contributed by atoms with Gasteiger partial charge in [0.25, 0.3) is 0 Å². The van der Waals surface area contributed by atoms with Crippen LogP contribution in [-0.4, -0.2) is 28.1 Å². The van der Waals surface area contributed by atoms with Gasteiger partial charge in [-0.1, -0.05) is 27.7 Å². The smallest absolute Gasteiger partial charge is 0.250 e. The van der Waals surface area contributed by atoms with Gasteiger partial charge in [0.2, 0.25) is 10.0 Å². The molecule has 0 bridgehead atoms. The first-order valence-corrected chi connectivity index (χ1v) is 8.84. The summed E-state index contributed by atoms with van der Waals surface area (Å²) >= 11 is 1.35. The molecule has 0 atom stereocenters. The minimum atomic E-state index is -3.36. The molecule has 0 saturated heterocycles. The van der Waals surface area contributed by atoms with E-state index in [2.05, 4.69) is 17.0 Å². The zero-order valence-electron chi connectivity index (χ0n) is 12.1. The highest BCUT2D eigenvalue weighted by Crippen LogP contribution is 2.22. The summed E-state index contributed by atoms with van der Waals surface area (Å²) < 4.78 is 27.3. The standard InChI is InChI=1S/C13H24N2O2S2/c1-5-14-9-8-11-6-7-12(18-11)19(16,17)15-10-13(2,3)4/h6-7,14-15H,5,8-10H2,1-4H3. The van der Waals surface area contributed by atoms with E-state index >= 15 is 0 Å². The molecule has 4 nitrogen and oxygen atoms in total. The number of thiophene rings is 1. The summed E-state index contributed by atoms with van der Waals surface area (Å²) in [5, 5.41) is 3.23. The van der Waals surface area contributed by atoms with Crippen molar-refractivity contribution in [3.63, 3.8) is 0 Å². The van der Waals surface area contributed by atoms with Crippen LogP contribution in [0.2, 0.25) is 0 Å². The van der Waals surface area contributed by atoms with E-state index in [9.17, 15) is 8.42 Å². The molecule has 0 amide bonds. The zero-order valence-corrected chi connectivity index (χ0v) is 13.7. The van der Waals surface area contributed by atoms with Gasteiger partial charge in [-0.05, 0) is 37.1 Å². The largest absolute Gasteiger partial charge is 0.317 e. The molecular weight excluding hydrogens is 280 g/mol. The molecule has 2 N–H and O–H groups in total. The van der Waals surface area contributed by atoms with E-state index in [0.717, 1.165) is 24.4 Å². The summed E-state index contributed by atoms with van der Waals surface area (Å²) in [6.45, 7) is 10.3.